The van der Waals surface area contributed by atoms with Gasteiger partial charge in [0.1, 0.15) is 17.2 Å². The number of halogens is 1. The molecule has 0 spiro atoms. The molecule has 2 aromatic carbocycles. The Labute approximate surface area is 154 Å². The van der Waals surface area contributed by atoms with Crippen LogP contribution in [0.15, 0.2) is 36.4 Å². The minimum Gasteiger partial charge on any atom is -0.497 e. The molecule has 0 aliphatic heterocycles. The van der Waals surface area contributed by atoms with Gasteiger partial charge in [0.2, 0.25) is 0 Å². The Kier molecular flexibility index (Phi) is 4.96. The molecule has 0 bridgehead atoms. The van der Waals surface area contributed by atoms with Gasteiger partial charge in [0.05, 0.1) is 32.6 Å². The fraction of sp³-hybridized carbons (Fsp3) is 0.176. The summed E-state index contributed by atoms with van der Waals surface area (Å²) in [6.45, 7) is 0. The number of aromatic amines is 1. The van der Waals surface area contributed by atoms with Gasteiger partial charge < -0.3 is 14.2 Å². The number of hydrogen-bond donors (Lipinski definition) is 1. The summed E-state index contributed by atoms with van der Waals surface area (Å²) in [5.41, 5.74) is 1.39. The fourth-order valence-corrected chi connectivity index (χ4v) is 2.93. The van der Waals surface area contributed by atoms with Gasteiger partial charge in [-0.2, -0.15) is 5.10 Å². The van der Waals surface area contributed by atoms with Crippen LogP contribution in [0.5, 0.6) is 17.2 Å². The molecule has 130 valence electrons. The maximum Gasteiger partial charge on any atom is 0.200 e. The molecule has 0 amide bonds. The third-order valence-corrected chi connectivity index (χ3v) is 4.21. The molecule has 0 radical (unpaired) electrons. The fourth-order valence-electron chi connectivity index (χ4n) is 2.53. The van der Waals surface area contributed by atoms with Gasteiger partial charge in [-0.1, -0.05) is 11.6 Å². The molecule has 0 aliphatic carbocycles. The van der Waals surface area contributed by atoms with Gasteiger partial charge in [-0.3, -0.25) is 9.67 Å². The lowest BCUT2D eigenvalue weighted by Gasteiger charge is -2.14. The van der Waals surface area contributed by atoms with Crippen molar-refractivity contribution in [1.29, 1.82) is 0 Å². The average molecular weight is 378 g/mol. The standard InChI is InChI=1S/C17H16ClN3O3S/c1-22-11-5-7-15(24-3)13(9-11)21-16(19-20-17(21)25)12-8-10(18)4-6-14(12)23-2/h4-9H,1-3H3,(H,20,25). The Morgan fingerprint density at radius 1 is 1.00 bits per heavy atom. The van der Waals surface area contributed by atoms with E-state index in [0.29, 0.717) is 44.1 Å². The van der Waals surface area contributed by atoms with Gasteiger partial charge in [-0.25, -0.2) is 0 Å². The van der Waals surface area contributed by atoms with E-state index in [-0.39, 0.29) is 0 Å². The van der Waals surface area contributed by atoms with E-state index in [1.54, 1.807) is 44.1 Å². The first-order valence-electron chi connectivity index (χ1n) is 7.32. The number of nitrogens with one attached hydrogen (secondary N) is 1. The van der Waals surface area contributed by atoms with Crippen LogP contribution in [0.4, 0.5) is 0 Å². The van der Waals surface area contributed by atoms with Crippen molar-refractivity contribution in [3.8, 4) is 34.3 Å². The molecule has 1 aromatic heterocycles. The number of H-pyrrole nitrogens is 1. The van der Waals surface area contributed by atoms with Gasteiger partial charge in [0.25, 0.3) is 0 Å². The predicted molar refractivity (Wildman–Crippen MR) is 98.9 cm³/mol. The van der Waals surface area contributed by atoms with E-state index < -0.39 is 0 Å². The molecular weight excluding hydrogens is 362 g/mol. The largest absolute Gasteiger partial charge is 0.497 e. The summed E-state index contributed by atoms with van der Waals surface area (Å²) in [7, 11) is 4.78. The zero-order valence-electron chi connectivity index (χ0n) is 13.9. The maximum atomic E-state index is 6.16. The first kappa shape index (κ1) is 17.3. The summed E-state index contributed by atoms with van der Waals surface area (Å²) < 4.78 is 18.4. The summed E-state index contributed by atoms with van der Waals surface area (Å²) in [5.74, 6) is 2.47. The van der Waals surface area contributed by atoms with Crippen LogP contribution >= 0.6 is 23.8 Å². The first-order valence-corrected chi connectivity index (χ1v) is 8.11. The Bertz CT molecular complexity index is 968. The second-order valence-electron chi connectivity index (χ2n) is 5.07. The summed E-state index contributed by atoms with van der Waals surface area (Å²) in [6.07, 6.45) is 0. The van der Waals surface area contributed by atoms with Crippen molar-refractivity contribution in [3.63, 3.8) is 0 Å². The van der Waals surface area contributed by atoms with Crippen LogP contribution in [0.2, 0.25) is 5.02 Å². The molecule has 0 aliphatic rings. The molecular formula is C17H16ClN3O3S. The van der Waals surface area contributed by atoms with Gasteiger partial charge >= 0.3 is 0 Å². The SMILES string of the molecule is COc1ccc(OC)c(-n2c(-c3cc(Cl)ccc3OC)n[nH]c2=S)c1. The van der Waals surface area contributed by atoms with Crippen molar-refractivity contribution in [2.24, 2.45) is 0 Å². The minimum absolute atomic E-state index is 0.406. The van der Waals surface area contributed by atoms with Gasteiger partial charge in [-0.15, -0.1) is 0 Å². The van der Waals surface area contributed by atoms with E-state index >= 15 is 0 Å². The molecule has 25 heavy (non-hydrogen) atoms. The molecule has 0 saturated heterocycles. The van der Waals surface area contributed by atoms with Crippen LogP contribution in [0, 0.1) is 4.77 Å². The van der Waals surface area contributed by atoms with E-state index in [0.717, 1.165) is 0 Å². The molecule has 3 rings (SSSR count). The zero-order chi connectivity index (χ0) is 18.0. The monoisotopic (exact) mass is 377 g/mol. The predicted octanol–water partition coefficient (Wildman–Crippen LogP) is 4.28. The number of methoxy groups -OCH3 is 3. The third kappa shape index (κ3) is 3.20. The van der Waals surface area contributed by atoms with E-state index in [1.165, 1.54) is 0 Å². The highest BCUT2D eigenvalue weighted by Crippen LogP contribution is 2.35. The van der Waals surface area contributed by atoms with Crippen molar-refractivity contribution in [1.82, 2.24) is 14.8 Å². The summed E-state index contributed by atoms with van der Waals surface area (Å²) in [6, 6.07) is 10.7. The molecule has 0 atom stereocenters. The highest BCUT2D eigenvalue weighted by molar-refractivity contribution is 7.71. The number of nitrogens with zero attached hydrogens (tertiary/aromatic N) is 2. The topological polar surface area (TPSA) is 61.3 Å². The van der Waals surface area contributed by atoms with Crippen molar-refractivity contribution in [3.05, 3.63) is 46.2 Å². The third-order valence-electron chi connectivity index (χ3n) is 3.70. The van der Waals surface area contributed by atoms with E-state index in [4.69, 9.17) is 38.0 Å². The lowest BCUT2D eigenvalue weighted by Crippen LogP contribution is -2.02. The molecule has 6 nitrogen and oxygen atoms in total. The molecule has 3 aromatic rings. The van der Waals surface area contributed by atoms with E-state index in [1.807, 2.05) is 18.2 Å². The smallest absolute Gasteiger partial charge is 0.200 e. The number of hydrogen-bond acceptors (Lipinski definition) is 5. The number of benzene rings is 2. The Morgan fingerprint density at radius 2 is 1.72 bits per heavy atom. The van der Waals surface area contributed by atoms with Crippen molar-refractivity contribution >= 4 is 23.8 Å². The zero-order valence-corrected chi connectivity index (χ0v) is 15.4. The second kappa shape index (κ2) is 7.16. The van der Waals surface area contributed by atoms with Crippen LogP contribution in [0.1, 0.15) is 0 Å². The van der Waals surface area contributed by atoms with E-state index in [2.05, 4.69) is 10.2 Å². The van der Waals surface area contributed by atoms with Gasteiger partial charge in [0, 0.05) is 11.1 Å². The maximum absolute atomic E-state index is 6.16. The molecule has 1 N–H and O–H groups in total. The molecule has 0 unspecified atom stereocenters. The number of ether oxygens (including phenoxy) is 3. The average Bonchev–Trinajstić information content (AvgIpc) is 3.02. The molecule has 0 fully saturated rings. The Morgan fingerprint density at radius 3 is 2.40 bits per heavy atom. The lowest BCUT2D eigenvalue weighted by atomic mass is 10.1. The Hall–Kier alpha value is -2.51. The number of rotatable bonds is 5. The van der Waals surface area contributed by atoms with Crippen molar-refractivity contribution in [2.75, 3.05) is 21.3 Å². The normalized spacial score (nSPS) is 10.6. The quantitative estimate of drug-likeness (QED) is 0.672. The minimum atomic E-state index is 0.406. The summed E-state index contributed by atoms with van der Waals surface area (Å²) >= 11 is 11.6. The van der Waals surface area contributed by atoms with Crippen molar-refractivity contribution < 1.29 is 14.2 Å². The summed E-state index contributed by atoms with van der Waals surface area (Å²) in [4.78, 5) is 0. The molecule has 8 heteroatoms. The van der Waals surface area contributed by atoms with Crippen LogP contribution < -0.4 is 14.2 Å². The van der Waals surface area contributed by atoms with E-state index in [9.17, 15) is 0 Å². The molecule has 1 heterocycles. The number of aromatic nitrogens is 3. The van der Waals surface area contributed by atoms with Gasteiger partial charge in [-0.05, 0) is 42.5 Å². The Balaban J connectivity index is 2.30. The highest BCUT2D eigenvalue weighted by atomic mass is 35.5. The van der Waals surface area contributed by atoms with Crippen LogP contribution in [-0.4, -0.2) is 36.1 Å². The van der Waals surface area contributed by atoms with Gasteiger partial charge in [0.15, 0.2) is 10.6 Å². The van der Waals surface area contributed by atoms with Crippen LogP contribution in [-0.2, 0) is 0 Å². The summed E-state index contributed by atoms with van der Waals surface area (Å²) in [5, 5.41) is 7.73. The van der Waals surface area contributed by atoms with Crippen LogP contribution in [0.25, 0.3) is 17.1 Å². The lowest BCUT2D eigenvalue weighted by molar-refractivity contribution is 0.401. The second-order valence-corrected chi connectivity index (χ2v) is 5.89. The molecule has 0 saturated carbocycles. The van der Waals surface area contributed by atoms with Crippen LogP contribution in [0.3, 0.4) is 0 Å². The first-order chi connectivity index (χ1) is 12.1. The van der Waals surface area contributed by atoms with Crippen molar-refractivity contribution in [2.45, 2.75) is 0 Å². The highest BCUT2D eigenvalue weighted by Gasteiger charge is 2.18.